The van der Waals surface area contributed by atoms with Gasteiger partial charge in [0.15, 0.2) is 5.96 Å². The second-order valence-corrected chi connectivity index (χ2v) is 8.86. The number of halogens is 3. The summed E-state index contributed by atoms with van der Waals surface area (Å²) in [6.07, 6.45) is 0.268. The molecule has 1 amide bonds. The van der Waals surface area contributed by atoms with E-state index in [1.165, 1.54) is 24.7 Å². The SMILES string of the molecule is CN=C(NCCN1CCN(C(=O)C2CCCC2)CC1)N1CCN(C(C)C(F)(F)F)CC1. The first-order chi connectivity index (χ1) is 14.8. The van der Waals surface area contributed by atoms with Crippen molar-refractivity contribution < 1.29 is 18.0 Å². The molecule has 10 heteroatoms. The molecule has 3 fully saturated rings. The normalized spacial score (nSPS) is 24.0. The molecule has 3 aliphatic rings. The molecule has 31 heavy (non-hydrogen) atoms. The summed E-state index contributed by atoms with van der Waals surface area (Å²) >= 11 is 0. The summed E-state index contributed by atoms with van der Waals surface area (Å²) in [7, 11) is 1.71. The minimum Gasteiger partial charge on any atom is -0.355 e. The highest BCUT2D eigenvalue weighted by Crippen LogP contribution is 2.27. The molecule has 0 aromatic heterocycles. The van der Waals surface area contributed by atoms with Crippen LogP contribution in [0.15, 0.2) is 4.99 Å². The van der Waals surface area contributed by atoms with Crippen LogP contribution in [0.2, 0.25) is 0 Å². The van der Waals surface area contributed by atoms with Crippen molar-refractivity contribution in [3.8, 4) is 0 Å². The van der Waals surface area contributed by atoms with Gasteiger partial charge in [-0.2, -0.15) is 13.2 Å². The Hall–Kier alpha value is -1.55. The number of carbonyl (C=O) groups is 1. The second-order valence-electron chi connectivity index (χ2n) is 8.86. The molecular formula is C21H37F3N6O. The summed E-state index contributed by atoms with van der Waals surface area (Å²) in [5, 5.41) is 3.35. The summed E-state index contributed by atoms with van der Waals surface area (Å²) in [6.45, 7) is 7.97. The minimum atomic E-state index is -4.19. The lowest BCUT2D eigenvalue weighted by Gasteiger charge is -2.40. The molecule has 2 aliphatic heterocycles. The first kappa shape index (κ1) is 24.1. The molecule has 2 heterocycles. The molecule has 1 atom stereocenters. The van der Waals surface area contributed by atoms with Crippen molar-refractivity contribution >= 4 is 11.9 Å². The lowest BCUT2D eigenvalue weighted by Crippen LogP contribution is -2.57. The Bertz CT molecular complexity index is 607. The van der Waals surface area contributed by atoms with Gasteiger partial charge in [-0.1, -0.05) is 12.8 Å². The van der Waals surface area contributed by atoms with Gasteiger partial charge in [-0.05, 0) is 19.8 Å². The maximum absolute atomic E-state index is 12.9. The van der Waals surface area contributed by atoms with Gasteiger partial charge < -0.3 is 15.1 Å². The van der Waals surface area contributed by atoms with Gasteiger partial charge in [-0.3, -0.25) is 19.6 Å². The lowest BCUT2D eigenvalue weighted by molar-refractivity contribution is -0.181. The molecule has 0 aromatic rings. The molecule has 2 saturated heterocycles. The van der Waals surface area contributed by atoms with E-state index in [9.17, 15) is 18.0 Å². The fraction of sp³-hybridized carbons (Fsp3) is 0.905. The van der Waals surface area contributed by atoms with Crippen LogP contribution in [0, 0.1) is 5.92 Å². The fourth-order valence-corrected chi connectivity index (χ4v) is 4.81. The number of nitrogens with one attached hydrogen (secondary N) is 1. The molecule has 0 spiro atoms. The topological polar surface area (TPSA) is 54.4 Å². The maximum Gasteiger partial charge on any atom is 0.403 e. The average molecular weight is 447 g/mol. The minimum absolute atomic E-state index is 0.246. The molecule has 0 bridgehead atoms. The average Bonchev–Trinajstić information content (AvgIpc) is 3.31. The number of amides is 1. The largest absolute Gasteiger partial charge is 0.403 e. The van der Waals surface area contributed by atoms with E-state index in [2.05, 4.69) is 15.2 Å². The van der Waals surface area contributed by atoms with E-state index in [1.54, 1.807) is 7.05 Å². The van der Waals surface area contributed by atoms with Crippen LogP contribution < -0.4 is 5.32 Å². The summed E-state index contributed by atoms with van der Waals surface area (Å²) in [5.41, 5.74) is 0. The van der Waals surface area contributed by atoms with Crippen LogP contribution in [0.5, 0.6) is 0 Å². The van der Waals surface area contributed by atoms with Crippen LogP contribution in [0.1, 0.15) is 32.6 Å². The van der Waals surface area contributed by atoms with E-state index >= 15 is 0 Å². The van der Waals surface area contributed by atoms with Gasteiger partial charge in [0, 0.05) is 78.4 Å². The van der Waals surface area contributed by atoms with Crippen LogP contribution in [-0.4, -0.2) is 116 Å². The number of guanidine groups is 1. The van der Waals surface area contributed by atoms with Gasteiger partial charge in [0.2, 0.25) is 5.91 Å². The predicted molar refractivity (Wildman–Crippen MR) is 115 cm³/mol. The third-order valence-electron chi connectivity index (χ3n) is 6.95. The molecule has 1 saturated carbocycles. The number of piperazine rings is 2. The fourth-order valence-electron chi connectivity index (χ4n) is 4.81. The number of nitrogens with zero attached hydrogens (tertiary/aromatic N) is 5. The Kier molecular flexibility index (Phi) is 8.43. The molecule has 3 rings (SSSR count). The molecule has 1 unspecified atom stereocenters. The molecule has 1 N–H and O–H groups in total. The third-order valence-corrected chi connectivity index (χ3v) is 6.95. The van der Waals surface area contributed by atoms with Crippen LogP contribution in [0.25, 0.3) is 0 Å². The molecule has 7 nitrogen and oxygen atoms in total. The van der Waals surface area contributed by atoms with Gasteiger partial charge in [0.05, 0.1) is 0 Å². The standard InChI is InChI=1S/C21H37F3N6O/c1-17(21(22,23)24)28-13-15-30(16-14-28)20(25-2)26-7-8-27-9-11-29(12-10-27)19(31)18-5-3-4-6-18/h17-18H,3-16H2,1-2H3,(H,25,26). The van der Waals surface area contributed by atoms with E-state index in [1.807, 2.05) is 9.80 Å². The predicted octanol–water partition coefficient (Wildman–Crippen LogP) is 1.46. The van der Waals surface area contributed by atoms with Crippen LogP contribution in [-0.2, 0) is 4.79 Å². The van der Waals surface area contributed by atoms with Gasteiger partial charge in [0.1, 0.15) is 6.04 Å². The number of hydrogen-bond donors (Lipinski definition) is 1. The van der Waals surface area contributed by atoms with Crippen LogP contribution in [0.3, 0.4) is 0 Å². The number of rotatable bonds is 5. The second kappa shape index (κ2) is 10.8. The van der Waals surface area contributed by atoms with Crippen molar-refractivity contribution in [3.63, 3.8) is 0 Å². The Morgan fingerprint density at radius 2 is 1.58 bits per heavy atom. The van der Waals surface area contributed by atoms with E-state index in [4.69, 9.17) is 0 Å². The van der Waals surface area contributed by atoms with Gasteiger partial charge in [-0.15, -0.1) is 0 Å². The zero-order valence-corrected chi connectivity index (χ0v) is 18.8. The highest BCUT2D eigenvalue weighted by Gasteiger charge is 2.41. The van der Waals surface area contributed by atoms with Crippen LogP contribution in [0.4, 0.5) is 13.2 Å². The zero-order chi connectivity index (χ0) is 22.4. The summed E-state index contributed by atoms with van der Waals surface area (Å²) in [6, 6.07) is -1.41. The molecule has 178 valence electrons. The summed E-state index contributed by atoms with van der Waals surface area (Å²) in [4.78, 5) is 24.7. The molecule has 0 radical (unpaired) electrons. The monoisotopic (exact) mass is 446 g/mol. The molecule has 0 aromatic carbocycles. The van der Waals surface area contributed by atoms with Crippen molar-refractivity contribution in [3.05, 3.63) is 0 Å². The van der Waals surface area contributed by atoms with Crippen LogP contribution >= 0.6 is 0 Å². The molecular weight excluding hydrogens is 409 g/mol. The summed E-state index contributed by atoms with van der Waals surface area (Å²) < 4.78 is 38.8. The van der Waals surface area contributed by atoms with E-state index in [0.29, 0.717) is 32.1 Å². The van der Waals surface area contributed by atoms with Crippen molar-refractivity contribution in [2.75, 3.05) is 72.5 Å². The van der Waals surface area contributed by atoms with E-state index in [0.717, 1.165) is 58.1 Å². The number of carbonyl (C=O) groups excluding carboxylic acids is 1. The Morgan fingerprint density at radius 3 is 2.13 bits per heavy atom. The zero-order valence-electron chi connectivity index (χ0n) is 18.8. The first-order valence-corrected chi connectivity index (χ1v) is 11.6. The smallest absolute Gasteiger partial charge is 0.355 e. The number of aliphatic imine (C=N–C) groups is 1. The highest BCUT2D eigenvalue weighted by atomic mass is 19.4. The van der Waals surface area contributed by atoms with Gasteiger partial charge >= 0.3 is 6.18 Å². The van der Waals surface area contributed by atoms with Crippen molar-refractivity contribution in [1.82, 2.24) is 24.9 Å². The Morgan fingerprint density at radius 1 is 1.00 bits per heavy atom. The lowest BCUT2D eigenvalue weighted by atomic mass is 10.1. The van der Waals surface area contributed by atoms with Gasteiger partial charge in [-0.25, -0.2) is 0 Å². The third kappa shape index (κ3) is 6.47. The van der Waals surface area contributed by atoms with Gasteiger partial charge in [0.25, 0.3) is 0 Å². The van der Waals surface area contributed by atoms with Crippen molar-refractivity contribution in [1.29, 1.82) is 0 Å². The summed E-state index contributed by atoms with van der Waals surface area (Å²) in [5.74, 6) is 1.33. The van der Waals surface area contributed by atoms with E-state index < -0.39 is 12.2 Å². The number of hydrogen-bond acceptors (Lipinski definition) is 4. The van der Waals surface area contributed by atoms with Crippen molar-refractivity contribution in [2.24, 2.45) is 10.9 Å². The van der Waals surface area contributed by atoms with E-state index in [-0.39, 0.29) is 5.92 Å². The first-order valence-electron chi connectivity index (χ1n) is 11.6. The number of alkyl halides is 3. The molecule has 1 aliphatic carbocycles. The maximum atomic E-state index is 12.9. The quantitative estimate of drug-likeness (QED) is 0.512. The van der Waals surface area contributed by atoms with Crippen molar-refractivity contribution in [2.45, 2.75) is 44.8 Å². The highest BCUT2D eigenvalue weighted by molar-refractivity contribution is 5.80. The Balaban J connectivity index is 1.34. The Labute approximate surface area is 183 Å².